The molecule has 0 amide bonds. The number of hydrogen-bond acceptors (Lipinski definition) is 3. The van der Waals surface area contributed by atoms with Gasteiger partial charge in [0.2, 0.25) is 0 Å². The maximum Gasteiger partial charge on any atom is 0.122 e. The van der Waals surface area contributed by atoms with Crippen LogP contribution in [-0.4, -0.2) is 18.5 Å². The SMILES string of the molecule is COc1ccc(C(C)CC=O)c(O)c1. The molecule has 1 aromatic carbocycles. The van der Waals surface area contributed by atoms with Gasteiger partial charge in [-0.1, -0.05) is 13.0 Å². The predicted molar refractivity (Wildman–Crippen MR) is 53.8 cm³/mol. The van der Waals surface area contributed by atoms with E-state index in [1.807, 2.05) is 6.92 Å². The molecule has 0 saturated heterocycles. The van der Waals surface area contributed by atoms with E-state index >= 15 is 0 Å². The van der Waals surface area contributed by atoms with Gasteiger partial charge < -0.3 is 14.6 Å². The first-order valence-corrected chi connectivity index (χ1v) is 4.49. The minimum absolute atomic E-state index is 0.0402. The van der Waals surface area contributed by atoms with Crippen molar-refractivity contribution in [3.63, 3.8) is 0 Å². The van der Waals surface area contributed by atoms with Crippen molar-refractivity contribution in [1.82, 2.24) is 0 Å². The van der Waals surface area contributed by atoms with Crippen molar-refractivity contribution in [2.45, 2.75) is 19.3 Å². The number of phenolic OH excluding ortho intramolecular Hbond substituents is 1. The van der Waals surface area contributed by atoms with Crippen LogP contribution < -0.4 is 4.74 Å². The van der Waals surface area contributed by atoms with Crippen LogP contribution in [0.1, 0.15) is 24.8 Å². The van der Waals surface area contributed by atoms with E-state index < -0.39 is 0 Å². The zero-order chi connectivity index (χ0) is 10.6. The molecule has 1 aromatic rings. The summed E-state index contributed by atoms with van der Waals surface area (Å²) in [6.07, 6.45) is 1.27. The molecule has 0 bridgehead atoms. The minimum atomic E-state index is 0.0402. The van der Waals surface area contributed by atoms with Crippen LogP contribution in [-0.2, 0) is 4.79 Å². The number of hydrogen-bond donors (Lipinski definition) is 1. The van der Waals surface area contributed by atoms with E-state index in [1.165, 1.54) is 0 Å². The molecular weight excluding hydrogens is 180 g/mol. The van der Waals surface area contributed by atoms with Crippen LogP contribution in [0.3, 0.4) is 0 Å². The van der Waals surface area contributed by atoms with Crippen molar-refractivity contribution in [3.05, 3.63) is 23.8 Å². The molecule has 0 radical (unpaired) electrons. The number of benzene rings is 1. The van der Waals surface area contributed by atoms with Crippen molar-refractivity contribution in [1.29, 1.82) is 0 Å². The van der Waals surface area contributed by atoms with Crippen molar-refractivity contribution in [3.8, 4) is 11.5 Å². The molecule has 0 fully saturated rings. The van der Waals surface area contributed by atoms with Gasteiger partial charge in [-0.05, 0) is 17.5 Å². The number of ether oxygens (including phenoxy) is 1. The summed E-state index contributed by atoms with van der Waals surface area (Å²) >= 11 is 0. The molecule has 0 aliphatic rings. The van der Waals surface area contributed by atoms with Crippen LogP contribution in [0.4, 0.5) is 0 Å². The van der Waals surface area contributed by atoms with Gasteiger partial charge in [0.05, 0.1) is 7.11 Å². The van der Waals surface area contributed by atoms with Gasteiger partial charge in [0.15, 0.2) is 0 Å². The third kappa shape index (κ3) is 2.25. The molecule has 0 saturated carbocycles. The van der Waals surface area contributed by atoms with Gasteiger partial charge >= 0.3 is 0 Å². The molecule has 0 aromatic heterocycles. The summed E-state index contributed by atoms with van der Waals surface area (Å²) in [6, 6.07) is 5.11. The van der Waals surface area contributed by atoms with E-state index in [0.717, 1.165) is 11.8 Å². The largest absolute Gasteiger partial charge is 0.508 e. The molecule has 0 aliphatic heterocycles. The lowest BCUT2D eigenvalue weighted by atomic mass is 9.97. The number of methoxy groups -OCH3 is 1. The second-order valence-corrected chi connectivity index (χ2v) is 3.23. The minimum Gasteiger partial charge on any atom is -0.508 e. The van der Waals surface area contributed by atoms with Gasteiger partial charge in [-0.15, -0.1) is 0 Å². The molecule has 76 valence electrons. The summed E-state index contributed by atoms with van der Waals surface area (Å²) in [5, 5.41) is 9.62. The van der Waals surface area contributed by atoms with E-state index in [0.29, 0.717) is 12.2 Å². The van der Waals surface area contributed by atoms with Crippen LogP contribution >= 0.6 is 0 Å². The van der Waals surface area contributed by atoms with Crippen LogP contribution in [0.2, 0.25) is 0 Å². The standard InChI is InChI=1S/C11H14O3/c1-8(5-6-12)10-4-3-9(14-2)7-11(10)13/h3-4,6-8,13H,5H2,1-2H3. The Hall–Kier alpha value is -1.51. The Bertz CT molecular complexity index is 320. The molecule has 1 unspecified atom stereocenters. The number of carbonyl (C=O) groups is 1. The van der Waals surface area contributed by atoms with Gasteiger partial charge in [0, 0.05) is 12.5 Å². The maximum absolute atomic E-state index is 10.3. The molecule has 14 heavy (non-hydrogen) atoms. The summed E-state index contributed by atoms with van der Waals surface area (Å²) in [4.78, 5) is 10.3. The molecule has 1 rings (SSSR count). The molecule has 0 spiro atoms. The van der Waals surface area contributed by atoms with E-state index in [-0.39, 0.29) is 11.7 Å². The highest BCUT2D eigenvalue weighted by Gasteiger charge is 2.10. The average molecular weight is 194 g/mol. The fourth-order valence-electron chi connectivity index (χ4n) is 1.34. The summed E-state index contributed by atoms with van der Waals surface area (Å²) in [7, 11) is 1.54. The van der Waals surface area contributed by atoms with Gasteiger partial charge in [0.1, 0.15) is 17.8 Å². The van der Waals surface area contributed by atoms with E-state index in [4.69, 9.17) is 4.74 Å². The third-order valence-corrected chi connectivity index (χ3v) is 2.22. The first kappa shape index (κ1) is 10.6. The molecule has 1 atom stereocenters. The Balaban J connectivity index is 2.93. The highest BCUT2D eigenvalue weighted by atomic mass is 16.5. The molecule has 3 heteroatoms. The van der Waals surface area contributed by atoms with E-state index in [9.17, 15) is 9.90 Å². The number of phenols is 1. The molecule has 0 aliphatic carbocycles. The van der Waals surface area contributed by atoms with Crippen molar-refractivity contribution in [2.75, 3.05) is 7.11 Å². The lowest BCUT2D eigenvalue weighted by Gasteiger charge is -2.11. The highest BCUT2D eigenvalue weighted by Crippen LogP contribution is 2.30. The molecule has 3 nitrogen and oxygen atoms in total. The topological polar surface area (TPSA) is 46.5 Å². The van der Waals surface area contributed by atoms with Crippen LogP contribution in [0, 0.1) is 0 Å². The molecule has 1 N–H and O–H groups in total. The van der Waals surface area contributed by atoms with E-state index in [2.05, 4.69) is 0 Å². The monoisotopic (exact) mass is 194 g/mol. The van der Waals surface area contributed by atoms with Crippen molar-refractivity contribution < 1.29 is 14.6 Å². The fraction of sp³-hybridized carbons (Fsp3) is 0.364. The Labute approximate surface area is 83.3 Å². The first-order chi connectivity index (χ1) is 6.69. The Morgan fingerprint density at radius 3 is 2.79 bits per heavy atom. The van der Waals surface area contributed by atoms with Gasteiger partial charge in [-0.25, -0.2) is 0 Å². The second-order valence-electron chi connectivity index (χ2n) is 3.23. The number of rotatable bonds is 4. The average Bonchev–Trinajstić information content (AvgIpc) is 2.17. The van der Waals surface area contributed by atoms with Crippen LogP contribution in [0.25, 0.3) is 0 Å². The Kier molecular flexibility index (Phi) is 3.51. The normalized spacial score (nSPS) is 12.1. The Morgan fingerprint density at radius 1 is 1.57 bits per heavy atom. The lowest BCUT2D eigenvalue weighted by molar-refractivity contribution is -0.108. The van der Waals surface area contributed by atoms with Gasteiger partial charge in [-0.2, -0.15) is 0 Å². The van der Waals surface area contributed by atoms with Crippen LogP contribution in [0.5, 0.6) is 11.5 Å². The maximum atomic E-state index is 10.3. The predicted octanol–water partition coefficient (Wildman–Crippen LogP) is 2.09. The zero-order valence-corrected chi connectivity index (χ0v) is 8.36. The van der Waals surface area contributed by atoms with E-state index in [1.54, 1.807) is 25.3 Å². The number of carbonyl (C=O) groups excluding carboxylic acids is 1. The zero-order valence-electron chi connectivity index (χ0n) is 8.36. The lowest BCUT2D eigenvalue weighted by Crippen LogP contribution is -1.95. The van der Waals surface area contributed by atoms with Crippen LogP contribution in [0.15, 0.2) is 18.2 Å². The molecule has 0 heterocycles. The molecular formula is C11H14O3. The summed E-state index contributed by atoms with van der Waals surface area (Å²) < 4.78 is 4.96. The summed E-state index contributed by atoms with van der Waals surface area (Å²) in [5.41, 5.74) is 0.776. The number of aromatic hydroxyl groups is 1. The second kappa shape index (κ2) is 4.65. The fourth-order valence-corrected chi connectivity index (χ4v) is 1.34. The highest BCUT2D eigenvalue weighted by molar-refractivity contribution is 5.53. The van der Waals surface area contributed by atoms with Gasteiger partial charge in [0.25, 0.3) is 0 Å². The first-order valence-electron chi connectivity index (χ1n) is 4.49. The van der Waals surface area contributed by atoms with Crippen molar-refractivity contribution in [2.24, 2.45) is 0 Å². The number of aldehydes is 1. The Morgan fingerprint density at radius 2 is 2.29 bits per heavy atom. The van der Waals surface area contributed by atoms with Gasteiger partial charge in [-0.3, -0.25) is 0 Å². The third-order valence-electron chi connectivity index (χ3n) is 2.22. The quantitative estimate of drug-likeness (QED) is 0.746. The summed E-state index contributed by atoms with van der Waals surface area (Å²) in [6.45, 7) is 1.90. The smallest absolute Gasteiger partial charge is 0.122 e. The van der Waals surface area contributed by atoms with Crippen molar-refractivity contribution >= 4 is 6.29 Å². The summed E-state index contributed by atoms with van der Waals surface area (Å²) in [5.74, 6) is 0.835.